The molecule has 0 N–H and O–H groups in total. The predicted octanol–water partition coefficient (Wildman–Crippen LogP) is 0.750. The van der Waals surface area contributed by atoms with E-state index in [-0.39, 0.29) is 5.56 Å². The molecule has 0 aliphatic carbocycles. The Hall–Kier alpha value is -1.47. The van der Waals surface area contributed by atoms with Crippen molar-refractivity contribution in [1.29, 1.82) is 0 Å². The smallest absolute Gasteiger partial charge is 0.281 e. The number of anilines is 1. The number of nitrogens with zero attached hydrogens (tertiary/aromatic N) is 3. The van der Waals surface area contributed by atoms with Crippen molar-refractivity contribution in [3.05, 3.63) is 23.0 Å². The molecule has 1 saturated heterocycles. The van der Waals surface area contributed by atoms with Gasteiger partial charge in [0.15, 0.2) is 10.8 Å². The maximum absolute atomic E-state index is 12.7. The monoisotopic (exact) mass is 295 g/mol. The number of morpholine rings is 1. The summed E-state index contributed by atoms with van der Waals surface area (Å²) in [5.41, 5.74) is 0.544. The van der Waals surface area contributed by atoms with Gasteiger partial charge in [0.1, 0.15) is 6.61 Å². The van der Waals surface area contributed by atoms with Gasteiger partial charge in [-0.05, 0) is 0 Å². The van der Waals surface area contributed by atoms with Gasteiger partial charge in [-0.3, -0.25) is 9.36 Å². The molecule has 1 aromatic rings. The third kappa shape index (κ3) is 2.43. The standard InChI is InChI=1S/C13H17N3O3S/c1-2-6-19-11-10(15-3-7-18-8-4-15)12(17)16-5-9-20-13(16)14-11/h2H,1,3-9H2. The maximum atomic E-state index is 12.7. The first-order valence-corrected chi connectivity index (χ1v) is 7.64. The highest BCUT2D eigenvalue weighted by Gasteiger charge is 2.26. The van der Waals surface area contributed by atoms with Crippen molar-refractivity contribution in [2.24, 2.45) is 0 Å². The molecule has 0 radical (unpaired) electrons. The summed E-state index contributed by atoms with van der Waals surface area (Å²) in [4.78, 5) is 19.2. The molecule has 7 heteroatoms. The molecule has 20 heavy (non-hydrogen) atoms. The number of thioether (sulfide) groups is 1. The van der Waals surface area contributed by atoms with Crippen molar-refractivity contribution in [2.45, 2.75) is 11.7 Å². The van der Waals surface area contributed by atoms with Gasteiger partial charge in [-0.2, -0.15) is 4.98 Å². The normalized spacial score (nSPS) is 17.9. The lowest BCUT2D eigenvalue weighted by atomic mass is 10.3. The maximum Gasteiger partial charge on any atom is 0.281 e. The van der Waals surface area contributed by atoms with Gasteiger partial charge in [-0.1, -0.05) is 24.4 Å². The van der Waals surface area contributed by atoms with Gasteiger partial charge in [0.25, 0.3) is 5.56 Å². The van der Waals surface area contributed by atoms with Crippen LogP contribution < -0.4 is 15.2 Å². The van der Waals surface area contributed by atoms with E-state index >= 15 is 0 Å². The van der Waals surface area contributed by atoms with Gasteiger partial charge in [-0.25, -0.2) is 0 Å². The minimum absolute atomic E-state index is 0.0130. The van der Waals surface area contributed by atoms with Crippen molar-refractivity contribution >= 4 is 17.4 Å². The summed E-state index contributed by atoms with van der Waals surface area (Å²) in [6, 6.07) is 0. The summed E-state index contributed by atoms with van der Waals surface area (Å²) in [5, 5.41) is 0.742. The summed E-state index contributed by atoms with van der Waals surface area (Å²) in [6.07, 6.45) is 1.66. The molecule has 3 heterocycles. The zero-order chi connectivity index (χ0) is 13.9. The Balaban J connectivity index is 2.04. The van der Waals surface area contributed by atoms with E-state index in [9.17, 15) is 4.79 Å². The minimum Gasteiger partial charge on any atom is -0.472 e. The van der Waals surface area contributed by atoms with Crippen LogP contribution in [0.4, 0.5) is 5.69 Å². The van der Waals surface area contributed by atoms with Crippen LogP contribution in [-0.2, 0) is 11.3 Å². The lowest BCUT2D eigenvalue weighted by molar-refractivity contribution is 0.122. The number of aromatic nitrogens is 2. The van der Waals surface area contributed by atoms with Crippen LogP contribution in [0.25, 0.3) is 0 Å². The molecule has 0 bridgehead atoms. The van der Waals surface area contributed by atoms with E-state index in [1.807, 2.05) is 4.90 Å². The number of fused-ring (bicyclic) bond motifs is 1. The number of rotatable bonds is 4. The van der Waals surface area contributed by atoms with Crippen LogP contribution in [0.15, 0.2) is 22.6 Å². The molecule has 2 aliphatic rings. The Morgan fingerprint density at radius 1 is 1.40 bits per heavy atom. The molecular formula is C13H17N3O3S. The first-order chi connectivity index (χ1) is 9.81. The van der Waals surface area contributed by atoms with E-state index in [4.69, 9.17) is 9.47 Å². The van der Waals surface area contributed by atoms with E-state index in [0.717, 1.165) is 10.9 Å². The number of hydrogen-bond donors (Lipinski definition) is 0. The molecular weight excluding hydrogens is 278 g/mol. The van der Waals surface area contributed by atoms with E-state index in [1.165, 1.54) is 0 Å². The summed E-state index contributed by atoms with van der Waals surface area (Å²) in [5.74, 6) is 1.30. The second kappa shape index (κ2) is 5.88. The third-order valence-electron chi connectivity index (χ3n) is 3.29. The fourth-order valence-corrected chi connectivity index (χ4v) is 3.27. The zero-order valence-corrected chi connectivity index (χ0v) is 12.0. The Morgan fingerprint density at radius 3 is 2.95 bits per heavy atom. The van der Waals surface area contributed by atoms with Gasteiger partial charge < -0.3 is 14.4 Å². The van der Waals surface area contributed by atoms with Crippen LogP contribution in [-0.4, -0.2) is 48.2 Å². The van der Waals surface area contributed by atoms with Crippen LogP contribution in [0.5, 0.6) is 5.88 Å². The topological polar surface area (TPSA) is 56.6 Å². The van der Waals surface area contributed by atoms with Gasteiger partial charge in [0.2, 0.25) is 5.88 Å². The molecule has 0 aromatic carbocycles. The second-order valence-corrected chi connectivity index (χ2v) is 5.61. The average molecular weight is 295 g/mol. The SMILES string of the molecule is C=CCOc1nc2n(c(=O)c1N1CCOCC1)CCS2. The average Bonchev–Trinajstić information content (AvgIpc) is 2.95. The predicted molar refractivity (Wildman–Crippen MR) is 77.9 cm³/mol. The van der Waals surface area contributed by atoms with E-state index in [2.05, 4.69) is 11.6 Å². The Bertz CT molecular complexity index is 567. The molecule has 0 saturated carbocycles. The highest BCUT2D eigenvalue weighted by atomic mass is 32.2. The Morgan fingerprint density at radius 2 is 2.20 bits per heavy atom. The van der Waals surface area contributed by atoms with Crippen molar-refractivity contribution in [1.82, 2.24) is 9.55 Å². The Kier molecular flexibility index (Phi) is 3.98. The number of ether oxygens (including phenoxy) is 2. The fraction of sp³-hybridized carbons (Fsp3) is 0.538. The quantitative estimate of drug-likeness (QED) is 0.603. The lowest BCUT2D eigenvalue weighted by Crippen LogP contribution is -2.41. The van der Waals surface area contributed by atoms with Gasteiger partial charge in [0.05, 0.1) is 13.2 Å². The van der Waals surface area contributed by atoms with Crippen molar-refractivity contribution in [3.8, 4) is 5.88 Å². The van der Waals surface area contributed by atoms with E-state index in [1.54, 1.807) is 22.4 Å². The van der Waals surface area contributed by atoms with Crippen LogP contribution in [0, 0.1) is 0 Å². The van der Waals surface area contributed by atoms with Crippen LogP contribution in [0.2, 0.25) is 0 Å². The Labute approximate surface area is 121 Å². The summed E-state index contributed by atoms with van der Waals surface area (Å²) < 4.78 is 12.7. The van der Waals surface area contributed by atoms with Crippen molar-refractivity contribution in [3.63, 3.8) is 0 Å². The van der Waals surface area contributed by atoms with E-state index < -0.39 is 0 Å². The summed E-state index contributed by atoms with van der Waals surface area (Å²) in [6.45, 7) is 7.32. The molecule has 0 amide bonds. The first-order valence-electron chi connectivity index (χ1n) is 6.65. The molecule has 3 rings (SSSR count). The molecule has 6 nitrogen and oxygen atoms in total. The fourth-order valence-electron chi connectivity index (χ4n) is 2.34. The lowest BCUT2D eigenvalue weighted by Gasteiger charge is -2.29. The van der Waals surface area contributed by atoms with E-state index in [0.29, 0.717) is 51.0 Å². The van der Waals surface area contributed by atoms with Crippen LogP contribution >= 0.6 is 11.8 Å². The molecule has 0 atom stereocenters. The van der Waals surface area contributed by atoms with Gasteiger partial charge in [-0.15, -0.1) is 0 Å². The highest BCUT2D eigenvalue weighted by molar-refractivity contribution is 7.99. The second-order valence-electron chi connectivity index (χ2n) is 4.55. The van der Waals surface area contributed by atoms with Crippen LogP contribution in [0.3, 0.4) is 0 Å². The molecule has 0 unspecified atom stereocenters. The summed E-state index contributed by atoms with van der Waals surface area (Å²) >= 11 is 1.59. The number of hydrogen-bond acceptors (Lipinski definition) is 6. The largest absolute Gasteiger partial charge is 0.472 e. The highest BCUT2D eigenvalue weighted by Crippen LogP contribution is 2.29. The summed E-state index contributed by atoms with van der Waals surface area (Å²) in [7, 11) is 0. The molecule has 1 aromatic heterocycles. The molecule has 2 aliphatic heterocycles. The molecule has 0 spiro atoms. The van der Waals surface area contributed by atoms with Gasteiger partial charge in [0, 0.05) is 25.4 Å². The zero-order valence-electron chi connectivity index (χ0n) is 11.2. The van der Waals surface area contributed by atoms with Crippen molar-refractivity contribution in [2.75, 3.05) is 43.6 Å². The minimum atomic E-state index is -0.0130. The third-order valence-corrected chi connectivity index (χ3v) is 4.25. The van der Waals surface area contributed by atoms with Crippen LogP contribution in [0.1, 0.15) is 0 Å². The van der Waals surface area contributed by atoms with Crippen molar-refractivity contribution < 1.29 is 9.47 Å². The first kappa shape index (κ1) is 13.5. The molecule has 1 fully saturated rings. The van der Waals surface area contributed by atoms with Gasteiger partial charge >= 0.3 is 0 Å². The molecule has 108 valence electrons.